The van der Waals surface area contributed by atoms with Crippen LogP contribution in [0, 0.1) is 5.92 Å². The van der Waals surface area contributed by atoms with Gasteiger partial charge in [-0.15, -0.1) is 10.2 Å². The number of ether oxygens (including phenoxy) is 1. The fourth-order valence-corrected chi connectivity index (χ4v) is 6.14. The van der Waals surface area contributed by atoms with Crippen LogP contribution >= 0.6 is 0 Å². The zero-order chi connectivity index (χ0) is 27.4. The van der Waals surface area contributed by atoms with Crippen molar-refractivity contribution >= 4 is 11.6 Å². The van der Waals surface area contributed by atoms with Gasteiger partial charge in [0.25, 0.3) is 5.91 Å². The second-order valence-corrected chi connectivity index (χ2v) is 11.3. The van der Waals surface area contributed by atoms with Crippen LogP contribution in [0.5, 0.6) is 0 Å². The van der Waals surface area contributed by atoms with Gasteiger partial charge in [0.15, 0.2) is 0 Å². The van der Waals surface area contributed by atoms with Crippen LogP contribution in [0.25, 0.3) is 0 Å². The van der Waals surface area contributed by atoms with E-state index in [1.807, 2.05) is 29.8 Å². The quantitative estimate of drug-likeness (QED) is 0.447. The number of carbonyl (C=O) groups excluding carboxylic acids is 1. The lowest BCUT2D eigenvalue weighted by molar-refractivity contribution is -0.138. The molecule has 0 bridgehead atoms. The van der Waals surface area contributed by atoms with Gasteiger partial charge in [-0.3, -0.25) is 4.79 Å². The zero-order valence-electron chi connectivity index (χ0n) is 22.1. The molecule has 0 spiro atoms. The first-order chi connectivity index (χ1) is 18.6. The molecule has 2 aromatic carbocycles. The number of fused-ring (bicyclic) bond motifs is 1. The number of aromatic nitrogens is 3. The van der Waals surface area contributed by atoms with Crippen molar-refractivity contribution < 1.29 is 22.7 Å². The number of nitrogens with zero attached hydrogens (tertiary/aromatic N) is 4. The average Bonchev–Trinajstić information content (AvgIpc) is 3.63. The zero-order valence-corrected chi connectivity index (χ0v) is 22.1. The Morgan fingerprint density at radius 2 is 2.05 bits per heavy atom. The van der Waals surface area contributed by atoms with Crippen molar-refractivity contribution in [1.82, 2.24) is 20.1 Å². The number of benzene rings is 2. The Morgan fingerprint density at radius 3 is 2.69 bits per heavy atom. The van der Waals surface area contributed by atoms with E-state index in [-0.39, 0.29) is 35.0 Å². The molecule has 2 aliphatic heterocycles. The molecule has 1 amide bonds. The van der Waals surface area contributed by atoms with E-state index >= 15 is 0 Å². The van der Waals surface area contributed by atoms with E-state index in [1.165, 1.54) is 11.0 Å². The van der Waals surface area contributed by atoms with E-state index in [1.54, 1.807) is 18.5 Å². The van der Waals surface area contributed by atoms with Gasteiger partial charge in [0.05, 0.1) is 18.7 Å². The van der Waals surface area contributed by atoms with Crippen molar-refractivity contribution in [1.29, 1.82) is 0 Å². The molecule has 3 aliphatic rings. The number of anilines is 1. The van der Waals surface area contributed by atoms with Crippen molar-refractivity contribution in [3.8, 4) is 0 Å². The third kappa shape index (κ3) is 4.84. The van der Waals surface area contributed by atoms with Crippen LogP contribution in [0.3, 0.4) is 0 Å². The van der Waals surface area contributed by atoms with Crippen LogP contribution in [-0.4, -0.2) is 39.4 Å². The Kier molecular flexibility index (Phi) is 6.50. The third-order valence-corrected chi connectivity index (χ3v) is 8.59. The molecule has 1 unspecified atom stereocenters. The molecule has 10 heteroatoms. The highest BCUT2D eigenvalue weighted by molar-refractivity contribution is 6.10. The Morgan fingerprint density at radius 1 is 1.23 bits per heavy atom. The van der Waals surface area contributed by atoms with Gasteiger partial charge in [0, 0.05) is 42.9 Å². The highest BCUT2D eigenvalue weighted by Gasteiger charge is 2.41. The van der Waals surface area contributed by atoms with Crippen molar-refractivity contribution in [3.63, 3.8) is 0 Å². The van der Waals surface area contributed by atoms with Crippen LogP contribution in [0.15, 0.2) is 42.7 Å². The van der Waals surface area contributed by atoms with Gasteiger partial charge in [-0.05, 0) is 79.5 Å². The minimum atomic E-state index is -4.56. The van der Waals surface area contributed by atoms with E-state index in [9.17, 15) is 18.0 Å². The number of aryl methyl sites for hydroxylation is 1. The summed E-state index contributed by atoms with van der Waals surface area (Å²) in [6.07, 6.45) is 1.06. The highest BCUT2D eigenvalue weighted by Crippen LogP contribution is 2.42. The summed E-state index contributed by atoms with van der Waals surface area (Å²) in [5.41, 5.74) is 1.33. The van der Waals surface area contributed by atoms with Crippen LogP contribution < -0.4 is 10.2 Å². The molecule has 3 aromatic rings. The Bertz CT molecular complexity index is 1390. The van der Waals surface area contributed by atoms with Gasteiger partial charge in [0.2, 0.25) is 0 Å². The number of hydrogen-bond donors (Lipinski definition) is 1. The van der Waals surface area contributed by atoms with E-state index in [4.69, 9.17) is 4.74 Å². The molecular formula is C29H32F3N5O2. The number of rotatable bonds is 7. The summed E-state index contributed by atoms with van der Waals surface area (Å²) in [5.74, 6) is 0.439. The summed E-state index contributed by atoms with van der Waals surface area (Å²) in [6, 6.07) is 10.3. The molecule has 1 N–H and O–H groups in total. The molecule has 2 atom stereocenters. The molecule has 6 rings (SSSR count). The van der Waals surface area contributed by atoms with Crippen LogP contribution in [0.2, 0.25) is 0 Å². The number of alkyl halides is 3. The molecule has 2 fully saturated rings. The van der Waals surface area contributed by atoms with Crippen molar-refractivity contribution in [2.45, 2.75) is 63.3 Å². The molecule has 7 nitrogen and oxygen atoms in total. The third-order valence-electron chi connectivity index (χ3n) is 8.59. The largest absolute Gasteiger partial charge is 0.416 e. The number of carbonyl (C=O) groups is 1. The lowest BCUT2D eigenvalue weighted by Gasteiger charge is -2.39. The standard InChI is InChI=1S/C29H32F3N5O2/c1-28(8-4-9-28)33-14-18-11-22-23(24(12-18)29(30,31)32)15-37(27(22)38)21-6-3-5-19(13-21)25(20-7-10-39-16-20)26-35-34-17-36(26)2/h3,5-6,11-13,17,20,25,33H,4,7-10,14-16H2,1-2H3/t20-,25?/m1/s1. The summed E-state index contributed by atoms with van der Waals surface area (Å²) >= 11 is 0. The predicted octanol–water partition coefficient (Wildman–Crippen LogP) is 5.19. The van der Waals surface area contributed by atoms with E-state index in [0.29, 0.717) is 31.0 Å². The van der Waals surface area contributed by atoms with Gasteiger partial charge in [-0.2, -0.15) is 13.2 Å². The Hall–Kier alpha value is -3.24. The normalized spacial score (nSPS) is 21.2. The fourth-order valence-electron chi connectivity index (χ4n) is 6.14. The smallest absolute Gasteiger partial charge is 0.381 e. The van der Waals surface area contributed by atoms with Gasteiger partial charge < -0.3 is 19.5 Å². The molecule has 1 saturated heterocycles. The maximum atomic E-state index is 14.2. The first kappa shape index (κ1) is 26.0. The number of halogens is 3. The Labute approximate surface area is 225 Å². The maximum Gasteiger partial charge on any atom is 0.416 e. The topological polar surface area (TPSA) is 72.3 Å². The Balaban J connectivity index is 1.33. The summed E-state index contributed by atoms with van der Waals surface area (Å²) in [7, 11) is 1.89. The number of nitrogens with one attached hydrogen (secondary N) is 1. The van der Waals surface area contributed by atoms with E-state index in [2.05, 4.69) is 22.4 Å². The first-order valence-corrected chi connectivity index (χ1v) is 13.4. The summed E-state index contributed by atoms with van der Waals surface area (Å²) in [6.45, 7) is 3.49. The second-order valence-electron chi connectivity index (χ2n) is 11.3. The SMILES string of the molecule is Cn1cnnc1C(c1cccc(N2Cc3c(cc(CNC4(C)CCC4)cc3C(F)(F)F)C2=O)c1)[C@@H]1CCOC1. The number of hydrogen-bond acceptors (Lipinski definition) is 5. The summed E-state index contributed by atoms with van der Waals surface area (Å²) in [4.78, 5) is 15.1. The average molecular weight is 540 g/mol. The van der Waals surface area contributed by atoms with Crippen LogP contribution in [0.4, 0.5) is 18.9 Å². The first-order valence-electron chi connectivity index (χ1n) is 13.4. The van der Waals surface area contributed by atoms with Gasteiger partial charge in [0.1, 0.15) is 12.2 Å². The van der Waals surface area contributed by atoms with Gasteiger partial charge in [-0.1, -0.05) is 12.1 Å². The maximum absolute atomic E-state index is 14.2. The molecule has 0 radical (unpaired) electrons. The van der Waals surface area contributed by atoms with Crippen LogP contribution in [-0.2, 0) is 31.1 Å². The lowest BCUT2D eigenvalue weighted by atomic mass is 9.78. The van der Waals surface area contributed by atoms with E-state index < -0.39 is 17.6 Å². The molecule has 206 valence electrons. The highest BCUT2D eigenvalue weighted by atomic mass is 19.4. The molecule has 3 heterocycles. The van der Waals surface area contributed by atoms with Gasteiger partial charge >= 0.3 is 6.18 Å². The molecule has 39 heavy (non-hydrogen) atoms. The lowest BCUT2D eigenvalue weighted by Crippen LogP contribution is -2.47. The van der Waals surface area contributed by atoms with E-state index in [0.717, 1.165) is 37.1 Å². The monoisotopic (exact) mass is 539 g/mol. The minimum Gasteiger partial charge on any atom is -0.381 e. The minimum absolute atomic E-state index is 0.0329. The molecular weight excluding hydrogens is 507 g/mol. The van der Waals surface area contributed by atoms with Crippen molar-refractivity contribution in [2.75, 3.05) is 18.1 Å². The fraction of sp³-hybridized carbons (Fsp3) is 0.483. The molecule has 1 aliphatic carbocycles. The van der Waals surface area contributed by atoms with Crippen molar-refractivity contribution in [3.05, 3.63) is 76.4 Å². The van der Waals surface area contributed by atoms with Crippen LogP contribution in [0.1, 0.15) is 77.0 Å². The molecule has 1 aromatic heterocycles. The second kappa shape index (κ2) is 9.75. The number of amides is 1. The summed E-state index contributed by atoms with van der Waals surface area (Å²) in [5, 5.41) is 11.8. The van der Waals surface area contributed by atoms with Gasteiger partial charge in [-0.25, -0.2) is 0 Å². The predicted molar refractivity (Wildman–Crippen MR) is 139 cm³/mol. The summed E-state index contributed by atoms with van der Waals surface area (Å²) < 4.78 is 50.1. The van der Waals surface area contributed by atoms with Crippen molar-refractivity contribution in [2.24, 2.45) is 13.0 Å². The molecule has 1 saturated carbocycles.